The number of hydrogen-bond acceptors (Lipinski definition) is 7. The molecule has 0 aromatic heterocycles. The van der Waals surface area contributed by atoms with Gasteiger partial charge in [-0.1, -0.05) is 13.8 Å². The fraction of sp³-hybridized carbons (Fsp3) is 0.625. The number of esters is 2. The number of carbonyl (C=O) groups is 6. The van der Waals surface area contributed by atoms with Crippen LogP contribution in [-0.4, -0.2) is 56.2 Å². The summed E-state index contributed by atoms with van der Waals surface area (Å²) in [6.07, 6.45) is -3.97. The van der Waals surface area contributed by atoms with E-state index in [2.05, 4.69) is 4.74 Å². The molecule has 0 saturated heterocycles. The Hall–Kier alpha value is -2.98. The van der Waals surface area contributed by atoms with Crippen molar-refractivity contribution in [1.29, 1.82) is 0 Å². The third-order valence-corrected chi connectivity index (χ3v) is 3.68. The van der Waals surface area contributed by atoms with Gasteiger partial charge in [-0.3, -0.25) is 28.8 Å². The SMILES string of the molecule is CC(CC(=O)O)(CC(=O)O)CC(=O)OC(=O)CC(C)(CC(=O)O)CC(=O)O. The van der Waals surface area contributed by atoms with Crippen molar-refractivity contribution < 1.29 is 53.9 Å². The zero-order valence-corrected chi connectivity index (χ0v) is 14.9. The van der Waals surface area contributed by atoms with E-state index in [1.165, 1.54) is 13.8 Å². The second kappa shape index (κ2) is 9.64. The molecule has 0 heterocycles. The third-order valence-electron chi connectivity index (χ3n) is 3.68. The first kappa shape index (κ1) is 24.0. The number of aliphatic carboxylic acids is 4. The Labute approximate surface area is 153 Å². The first-order valence-electron chi connectivity index (χ1n) is 7.77. The van der Waals surface area contributed by atoms with Gasteiger partial charge < -0.3 is 25.2 Å². The molecule has 11 heteroatoms. The summed E-state index contributed by atoms with van der Waals surface area (Å²) in [6.45, 7) is 2.47. The summed E-state index contributed by atoms with van der Waals surface area (Å²) in [5.74, 6) is -7.72. The quantitative estimate of drug-likeness (QED) is 0.271. The van der Waals surface area contributed by atoms with Crippen molar-refractivity contribution in [2.24, 2.45) is 10.8 Å². The fourth-order valence-corrected chi connectivity index (χ4v) is 2.73. The monoisotopic (exact) mass is 390 g/mol. The summed E-state index contributed by atoms with van der Waals surface area (Å²) in [5, 5.41) is 35.4. The lowest BCUT2D eigenvalue weighted by atomic mass is 9.79. The topological polar surface area (TPSA) is 193 Å². The maximum Gasteiger partial charge on any atom is 0.314 e. The summed E-state index contributed by atoms with van der Waals surface area (Å²) < 4.78 is 4.52. The van der Waals surface area contributed by atoms with E-state index in [-0.39, 0.29) is 0 Å². The maximum atomic E-state index is 11.9. The van der Waals surface area contributed by atoms with E-state index < -0.39 is 85.2 Å². The molecular weight excluding hydrogens is 368 g/mol. The van der Waals surface area contributed by atoms with E-state index in [0.717, 1.165) is 0 Å². The molecule has 0 bridgehead atoms. The van der Waals surface area contributed by atoms with Crippen LogP contribution in [0.4, 0.5) is 0 Å². The van der Waals surface area contributed by atoms with Crippen molar-refractivity contribution in [2.45, 2.75) is 52.4 Å². The smallest absolute Gasteiger partial charge is 0.314 e. The van der Waals surface area contributed by atoms with Crippen LogP contribution in [0.5, 0.6) is 0 Å². The molecule has 4 N–H and O–H groups in total. The molecule has 0 rings (SSSR count). The third kappa shape index (κ3) is 10.6. The van der Waals surface area contributed by atoms with Crippen molar-refractivity contribution in [3.05, 3.63) is 0 Å². The predicted octanol–water partition coefficient (Wildman–Crippen LogP) is 0.748. The Bertz CT molecular complexity index is 548. The second-order valence-corrected chi connectivity index (χ2v) is 7.10. The van der Waals surface area contributed by atoms with Gasteiger partial charge in [-0.25, -0.2) is 0 Å². The van der Waals surface area contributed by atoms with Gasteiger partial charge in [0, 0.05) is 0 Å². The van der Waals surface area contributed by atoms with Gasteiger partial charge >= 0.3 is 35.8 Å². The summed E-state index contributed by atoms with van der Waals surface area (Å²) >= 11 is 0. The first-order valence-corrected chi connectivity index (χ1v) is 7.77. The Morgan fingerprint density at radius 1 is 0.556 bits per heavy atom. The molecular formula is C16H22O11. The highest BCUT2D eigenvalue weighted by atomic mass is 16.6. The molecule has 0 saturated carbocycles. The average Bonchev–Trinajstić information content (AvgIpc) is 2.30. The molecule has 0 spiro atoms. The van der Waals surface area contributed by atoms with E-state index in [0.29, 0.717) is 0 Å². The Balaban J connectivity index is 5.06. The minimum absolute atomic E-state index is 0.654. The summed E-state index contributed by atoms with van der Waals surface area (Å²) in [7, 11) is 0. The molecule has 0 amide bonds. The van der Waals surface area contributed by atoms with Crippen LogP contribution >= 0.6 is 0 Å². The summed E-state index contributed by atoms with van der Waals surface area (Å²) in [5.41, 5.74) is -3.00. The zero-order valence-electron chi connectivity index (χ0n) is 14.9. The van der Waals surface area contributed by atoms with Crippen LogP contribution in [0, 0.1) is 10.8 Å². The maximum absolute atomic E-state index is 11.9. The van der Waals surface area contributed by atoms with Crippen molar-refractivity contribution >= 4 is 35.8 Å². The number of hydrogen-bond donors (Lipinski definition) is 4. The van der Waals surface area contributed by atoms with Gasteiger partial charge in [0.1, 0.15) is 0 Å². The molecule has 0 aromatic carbocycles. The first-order chi connectivity index (χ1) is 12.2. The molecule has 0 aliphatic rings. The Morgan fingerprint density at radius 2 is 0.778 bits per heavy atom. The minimum atomic E-state index is -1.50. The normalized spacial score (nSPS) is 11.5. The van der Waals surface area contributed by atoms with Gasteiger partial charge in [-0.2, -0.15) is 0 Å². The van der Waals surface area contributed by atoms with Crippen molar-refractivity contribution in [3.63, 3.8) is 0 Å². The van der Waals surface area contributed by atoms with Gasteiger partial charge in [0.05, 0.1) is 38.5 Å². The van der Waals surface area contributed by atoms with Crippen LogP contribution in [0.15, 0.2) is 0 Å². The molecule has 0 fully saturated rings. The molecule has 0 aromatic rings. The minimum Gasteiger partial charge on any atom is -0.481 e. The fourth-order valence-electron chi connectivity index (χ4n) is 2.73. The summed E-state index contributed by atoms with van der Waals surface area (Å²) in [6, 6.07) is 0. The number of rotatable bonds is 12. The molecule has 152 valence electrons. The standard InChI is InChI=1S/C16H22O11/c1-15(3-9(17)18,4-10(19)20)7-13(25)27-14(26)8-16(2,5-11(21)22)6-12(23)24/h3-8H2,1-2H3,(H,17,18)(H,19,20)(H,21,22)(H,23,24). The second-order valence-electron chi connectivity index (χ2n) is 7.10. The molecule has 0 aliphatic carbocycles. The van der Waals surface area contributed by atoms with Gasteiger partial charge in [0.2, 0.25) is 0 Å². The van der Waals surface area contributed by atoms with Crippen LogP contribution in [0.1, 0.15) is 52.4 Å². The molecule has 27 heavy (non-hydrogen) atoms. The number of carboxylic acid groups (broad SMARTS) is 4. The van der Waals surface area contributed by atoms with E-state index in [1.807, 2.05) is 0 Å². The van der Waals surface area contributed by atoms with Crippen molar-refractivity contribution in [3.8, 4) is 0 Å². The highest BCUT2D eigenvalue weighted by Gasteiger charge is 2.37. The highest BCUT2D eigenvalue weighted by Crippen LogP contribution is 2.33. The van der Waals surface area contributed by atoms with Crippen LogP contribution < -0.4 is 0 Å². The Kier molecular flexibility index (Phi) is 8.58. The van der Waals surface area contributed by atoms with E-state index >= 15 is 0 Å². The largest absolute Gasteiger partial charge is 0.481 e. The van der Waals surface area contributed by atoms with E-state index in [9.17, 15) is 28.8 Å². The van der Waals surface area contributed by atoms with E-state index in [4.69, 9.17) is 20.4 Å². The molecule has 0 atom stereocenters. The molecule has 0 radical (unpaired) electrons. The lowest BCUT2D eigenvalue weighted by molar-refractivity contribution is -0.163. The number of carbonyl (C=O) groups excluding carboxylic acids is 2. The number of ether oxygens (including phenoxy) is 1. The lowest BCUT2D eigenvalue weighted by Crippen LogP contribution is -2.31. The average molecular weight is 390 g/mol. The Morgan fingerprint density at radius 3 is 0.963 bits per heavy atom. The highest BCUT2D eigenvalue weighted by molar-refractivity contribution is 5.87. The predicted molar refractivity (Wildman–Crippen MR) is 85.6 cm³/mol. The van der Waals surface area contributed by atoms with Crippen LogP contribution in [0.2, 0.25) is 0 Å². The van der Waals surface area contributed by atoms with Crippen molar-refractivity contribution in [2.75, 3.05) is 0 Å². The van der Waals surface area contributed by atoms with Gasteiger partial charge in [-0.05, 0) is 10.8 Å². The van der Waals surface area contributed by atoms with Crippen LogP contribution in [-0.2, 0) is 33.5 Å². The van der Waals surface area contributed by atoms with E-state index in [1.54, 1.807) is 0 Å². The summed E-state index contributed by atoms with van der Waals surface area (Å²) in [4.78, 5) is 67.3. The molecule has 0 unspecified atom stereocenters. The van der Waals surface area contributed by atoms with Crippen LogP contribution in [0.3, 0.4) is 0 Å². The lowest BCUT2D eigenvalue weighted by Gasteiger charge is -2.26. The van der Waals surface area contributed by atoms with Gasteiger partial charge in [-0.15, -0.1) is 0 Å². The number of carboxylic acids is 4. The van der Waals surface area contributed by atoms with Crippen molar-refractivity contribution in [1.82, 2.24) is 0 Å². The van der Waals surface area contributed by atoms with Gasteiger partial charge in [0.15, 0.2) is 0 Å². The van der Waals surface area contributed by atoms with Crippen LogP contribution in [0.25, 0.3) is 0 Å². The van der Waals surface area contributed by atoms with Gasteiger partial charge in [0.25, 0.3) is 0 Å². The molecule has 0 aliphatic heterocycles. The zero-order chi connectivity index (χ0) is 21.4. The molecule has 11 nitrogen and oxygen atoms in total.